The van der Waals surface area contributed by atoms with Crippen molar-refractivity contribution < 1.29 is 19.3 Å². The number of ether oxygens (including phenoxy) is 3. The number of aliphatic hydroxyl groups is 1. The monoisotopic (exact) mass is 249 g/mol. The van der Waals surface area contributed by atoms with Gasteiger partial charge in [-0.1, -0.05) is 0 Å². The van der Waals surface area contributed by atoms with Gasteiger partial charge in [0.1, 0.15) is 0 Å². The number of methoxy groups -OCH3 is 3. The third kappa shape index (κ3) is 1.82. The summed E-state index contributed by atoms with van der Waals surface area (Å²) in [5.41, 5.74) is 0.547. The molecule has 0 aliphatic carbocycles. The first-order chi connectivity index (χ1) is 8.76. The van der Waals surface area contributed by atoms with E-state index >= 15 is 0 Å². The van der Waals surface area contributed by atoms with E-state index in [1.54, 1.807) is 27.5 Å². The molecule has 1 aromatic carbocycles. The third-order valence-corrected chi connectivity index (χ3v) is 2.78. The van der Waals surface area contributed by atoms with Gasteiger partial charge in [0, 0.05) is 6.20 Å². The van der Waals surface area contributed by atoms with Crippen LogP contribution in [-0.2, 0) is 6.61 Å². The smallest absolute Gasteiger partial charge is 0.204 e. The van der Waals surface area contributed by atoms with Crippen LogP contribution in [0.15, 0.2) is 18.3 Å². The van der Waals surface area contributed by atoms with E-state index < -0.39 is 0 Å². The zero-order valence-electron chi connectivity index (χ0n) is 10.6. The molecule has 0 saturated carbocycles. The molecule has 0 atom stereocenters. The van der Waals surface area contributed by atoms with Crippen LogP contribution < -0.4 is 14.2 Å². The molecule has 5 nitrogen and oxygen atoms in total. The van der Waals surface area contributed by atoms with Crippen LogP contribution in [0.1, 0.15) is 5.69 Å². The van der Waals surface area contributed by atoms with Gasteiger partial charge in [-0.2, -0.15) is 0 Å². The fraction of sp³-hybridized carbons (Fsp3) is 0.308. The third-order valence-electron chi connectivity index (χ3n) is 2.78. The van der Waals surface area contributed by atoms with Crippen LogP contribution in [0, 0.1) is 0 Å². The number of rotatable bonds is 4. The van der Waals surface area contributed by atoms with E-state index in [1.165, 1.54) is 0 Å². The lowest BCUT2D eigenvalue weighted by atomic mass is 10.1. The van der Waals surface area contributed by atoms with Crippen molar-refractivity contribution in [3.63, 3.8) is 0 Å². The predicted octanol–water partition coefficient (Wildman–Crippen LogP) is 1.75. The molecule has 5 heteroatoms. The summed E-state index contributed by atoms with van der Waals surface area (Å²) in [4.78, 5) is 4.14. The number of pyridine rings is 1. The van der Waals surface area contributed by atoms with Crippen molar-refractivity contribution >= 4 is 10.8 Å². The molecule has 1 N–H and O–H groups in total. The van der Waals surface area contributed by atoms with Crippen LogP contribution in [0.4, 0.5) is 0 Å². The molecular formula is C13H15NO4. The summed E-state index contributed by atoms with van der Waals surface area (Å²) in [5, 5.41) is 11.0. The molecule has 0 bridgehead atoms. The number of nitrogens with zero attached hydrogens (tertiary/aromatic N) is 1. The highest BCUT2D eigenvalue weighted by molar-refractivity contribution is 5.94. The van der Waals surface area contributed by atoms with Gasteiger partial charge in [-0.05, 0) is 17.5 Å². The van der Waals surface area contributed by atoms with Gasteiger partial charge in [0.15, 0.2) is 11.5 Å². The Hall–Kier alpha value is -2.01. The highest BCUT2D eigenvalue weighted by atomic mass is 16.5. The molecule has 0 saturated heterocycles. The molecule has 0 spiro atoms. The minimum Gasteiger partial charge on any atom is -0.493 e. The molecule has 0 fully saturated rings. The Bertz CT molecular complexity index is 568. The molecule has 1 heterocycles. The Morgan fingerprint density at radius 1 is 1.11 bits per heavy atom. The summed E-state index contributed by atoms with van der Waals surface area (Å²) in [6, 6.07) is 3.66. The molecule has 0 aliphatic rings. The van der Waals surface area contributed by atoms with Crippen molar-refractivity contribution in [2.45, 2.75) is 6.61 Å². The van der Waals surface area contributed by atoms with Gasteiger partial charge in [-0.15, -0.1) is 0 Å². The van der Waals surface area contributed by atoms with Crippen LogP contribution in [0.5, 0.6) is 17.2 Å². The summed E-state index contributed by atoms with van der Waals surface area (Å²) in [5.74, 6) is 1.59. The zero-order valence-corrected chi connectivity index (χ0v) is 10.6. The average Bonchev–Trinajstić information content (AvgIpc) is 2.43. The number of hydrogen-bond acceptors (Lipinski definition) is 5. The first kappa shape index (κ1) is 12.4. The lowest BCUT2D eigenvalue weighted by molar-refractivity contribution is 0.277. The quantitative estimate of drug-likeness (QED) is 0.894. The van der Waals surface area contributed by atoms with E-state index in [4.69, 9.17) is 14.2 Å². The van der Waals surface area contributed by atoms with Gasteiger partial charge in [-0.25, -0.2) is 0 Å². The number of fused-ring (bicyclic) bond motifs is 1. The summed E-state index contributed by atoms with van der Waals surface area (Å²) in [6.45, 7) is -0.164. The van der Waals surface area contributed by atoms with Gasteiger partial charge in [0.2, 0.25) is 5.75 Å². The number of benzene rings is 1. The van der Waals surface area contributed by atoms with Crippen LogP contribution in [0.2, 0.25) is 0 Å². The summed E-state index contributed by atoms with van der Waals surface area (Å²) in [7, 11) is 4.66. The Morgan fingerprint density at radius 2 is 1.83 bits per heavy atom. The van der Waals surface area contributed by atoms with Crippen LogP contribution in [0.25, 0.3) is 10.8 Å². The molecule has 0 amide bonds. The van der Waals surface area contributed by atoms with Crippen molar-refractivity contribution in [3.8, 4) is 17.2 Å². The Morgan fingerprint density at radius 3 is 2.39 bits per heavy atom. The van der Waals surface area contributed by atoms with E-state index in [0.29, 0.717) is 22.9 Å². The Labute approximate surface area is 105 Å². The van der Waals surface area contributed by atoms with E-state index in [1.807, 2.05) is 12.1 Å². The van der Waals surface area contributed by atoms with E-state index in [-0.39, 0.29) is 6.61 Å². The van der Waals surface area contributed by atoms with Crippen LogP contribution in [-0.4, -0.2) is 31.4 Å². The van der Waals surface area contributed by atoms with Crippen molar-refractivity contribution in [1.29, 1.82) is 0 Å². The van der Waals surface area contributed by atoms with Crippen LogP contribution >= 0.6 is 0 Å². The van der Waals surface area contributed by atoms with Crippen molar-refractivity contribution in [3.05, 3.63) is 24.0 Å². The Kier molecular flexibility index (Phi) is 3.53. The Balaban J connectivity index is 2.88. The molecule has 0 aliphatic heterocycles. The second-order valence-corrected chi connectivity index (χ2v) is 3.66. The standard InChI is InChI=1S/C13H15NO4/c1-16-10-6-8-4-5-14-9(7-15)11(8)13(18-3)12(10)17-2/h4-6,15H,7H2,1-3H3. The molecular weight excluding hydrogens is 234 g/mol. The topological polar surface area (TPSA) is 60.8 Å². The van der Waals surface area contributed by atoms with Gasteiger partial charge >= 0.3 is 0 Å². The number of aromatic nitrogens is 1. The maximum absolute atomic E-state index is 9.36. The van der Waals surface area contributed by atoms with E-state index in [0.717, 1.165) is 10.8 Å². The second-order valence-electron chi connectivity index (χ2n) is 3.66. The molecule has 0 radical (unpaired) electrons. The molecule has 0 unspecified atom stereocenters. The fourth-order valence-corrected chi connectivity index (χ4v) is 2.00. The maximum atomic E-state index is 9.36. The van der Waals surface area contributed by atoms with Gasteiger partial charge < -0.3 is 19.3 Å². The first-order valence-electron chi connectivity index (χ1n) is 5.44. The predicted molar refractivity (Wildman–Crippen MR) is 67.3 cm³/mol. The number of hydrogen-bond donors (Lipinski definition) is 1. The summed E-state index contributed by atoms with van der Waals surface area (Å²) in [6.07, 6.45) is 1.64. The zero-order chi connectivity index (χ0) is 13.1. The summed E-state index contributed by atoms with van der Waals surface area (Å²) >= 11 is 0. The van der Waals surface area contributed by atoms with Crippen molar-refractivity contribution in [2.24, 2.45) is 0 Å². The highest BCUT2D eigenvalue weighted by Gasteiger charge is 2.18. The molecule has 2 aromatic rings. The molecule has 1 aromatic heterocycles. The molecule has 18 heavy (non-hydrogen) atoms. The molecule has 96 valence electrons. The minimum absolute atomic E-state index is 0.164. The van der Waals surface area contributed by atoms with Crippen molar-refractivity contribution in [1.82, 2.24) is 4.98 Å². The van der Waals surface area contributed by atoms with Crippen molar-refractivity contribution in [2.75, 3.05) is 21.3 Å². The van der Waals surface area contributed by atoms with Gasteiger partial charge in [-0.3, -0.25) is 4.98 Å². The first-order valence-corrected chi connectivity index (χ1v) is 5.44. The maximum Gasteiger partial charge on any atom is 0.204 e. The summed E-state index contributed by atoms with van der Waals surface area (Å²) < 4.78 is 16.0. The largest absolute Gasteiger partial charge is 0.493 e. The molecule has 2 rings (SSSR count). The second kappa shape index (κ2) is 5.10. The minimum atomic E-state index is -0.164. The SMILES string of the molecule is COc1cc2ccnc(CO)c2c(OC)c1OC. The van der Waals surface area contributed by atoms with E-state index in [2.05, 4.69) is 4.98 Å². The fourth-order valence-electron chi connectivity index (χ4n) is 2.00. The normalized spacial score (nSPS) is 10.4. The van der Waals surface area contributed by atoms with Gasteiger partial charge in [0.05, 0.1) is 39.0 Å². The highest BCUT2D eigenvalue weighted by Crippen LogP contribution is 2.44. The lowest BCUT2D eigenvalue weighted by Gasteiger charge is -2.15. The number of aliphatic hydroxyl groups excluding tert-OH is 1. The van der Waals surface area contributed by atoms with Crippen LogP contribution in [0.3, 0.4) is 0 Å². The van der Waals surface area contributed by atoms with E-state index in [9.17, 15) is 5.11 Å². The van der Waals surface area contributed by atoms with Gasteiger partial charge in [0.25, 0.3) is 0 Å². The lowest BCUT2D eigenvalue weighted by Crippen LogP contribution is -1.99. The average molecular weight is 249 g/mol.